The van der Waals surface area contributed by atoms with Crippen LogP contribution in [0.15, 0.2) is 53.4 Å². The van der Waals surface area contributed by atoms with E-state index in [1.165, 1.54) is 6.92 Å². The number of rotatable bonds is 6. The van der Waals surface area contributed by atoms with Gasteiger partial charge in [0.1, 0.15) is 16.5 Å². The monoisotopic (exact) mass is 503 g/mol. The quantitative estimate of drug-likeness (QED) is 0.242. The molecule has 0 aliphatic rings. The van der Waals surface area contributed by atoms with Crippen molar-refractivity contribution in [1.29, 1.82) is 0 Å². The number of carbonyl (C=O) groups excluding carboxylic acids is 1. The minimum atomic E-state index is -4.76. The van der Waals surface area contributed by atoms with Crippen LogP contribution in [-0.4, -0.2) is 18.6 Å². The normalized spacial score (nSPS) is 11.5. The SMILES string of the molecule is CCC(=O)N(Cc1ccccc1)S(=O)(=O)c1cc(-c2c(F)cc(F)c(F)c2F)c(F)cc1Cl. The fourth-order valence-electron chi connectivity index (χ4n) is 3.08. The molecule has 0 aliphatic carbocycles. The lowest BCUT2D eigenvalue weighted by molar-refractivity contribution is -0.126. The second-order valence-electron chi connectivity index (χ2n) is 6.85. The highest BCUT2D eigenvalue weighted by Gasteiger charge is 2.33. The van der Waals surface area contributed by atoms with E-state index in [2.05, 4.69) is 0 Å². The molecule has 0 aliphatic heterocycles. The Labute approximate surface area is 191 Å². The lowest BCUT2D eigenvalue weighted by atomic mass is 10.0. The Balaban J connectivity index is 2.22. The van der Waals surface area contributed by atoms with E-state index in [9.17, 15) is 35.2 Å². The van der Waals surface area contributed by atoms with Gasteiger partial charge in [-0.3, -0.25) is 4.79 Å². The Morgan fingerprint density at radius 2 is 1.55 bits per heavy atom. The van der Waals surface area contributed by atoms with Crippen molar-refractivity contribution >= 4 is 27.5 Å². The molecule has 1 amide bonds. The van der Waals surface area contributed by atoms with Crippen LogP contribution >= 0.6 is 11.6 Å². The van der Waals surface area contributed by atoms with Crippen LogP contribution in [0, 0.1) is 29.1 Å². The Morgan fingerprint density at radius 3 is 2.15 bits per heavy atom. The molecule has 11 heteroatoms. The van der Waals surface area contributed by atoms with Gasteiger partial charge in [-0.05, 0) is 17.7 Å². The zero-order valence-electron chi connectivity index (χ0n) is 16.9. The molecule has 0 spiro atoms. The van der Waals surface area contributed by atoms with E-state index in [0.29, 0.717) is 22.0 Å². The van der Waals surface area contributed by atoms with Crippen LogP contribution in [0.2, 0.25) is 5.02 Å². The van der Waals surface area contributed by atoms with Gasteiger partial charge in [0, 0.05) is 18.1 Å². The molecule has 3 rings (SSSR count). The smallest absolute Gasteiger partial charge is 0.268 e. The standard InChI is InChI=1S/C22H15ClF5NO3S/c1-2-19(30)29(11-12-6-4-3-5-7-12)33(31,32)18-8-13(15(24)9-14(18)23)20-16(25)10-17(26)21(27)22(20)28/h3-10H,2,11H2,1H3. The van der Waals surface area contributed by atoms with Gasteiger partial charge in [0.2, 0.25) is 5.91 Å². The van der Waals surface area contributed by atoms with E-state index in [-0.39, 0.29) is 12.5 Å². The first-order valence-corrected chi connectivity index (χ1v) is 11.2. The molecule has 0 bridgehead atoms. The number of carbonyl (C=O) groups is 1. The van der Waals surface area contributed by atoms with Crippen LogP contribution in [0.4, 0.5) is 22.0 Å². The molecule has 3 aromatic rings. The molecular weight excluding hydrogens is 489 g/mol. The van der Waals surface area contributed by atoms with Gasteiger partial charge in [0.15, 0.2) is 17.5 Å². The van der Waals surface area contributed by atoms with Gasteiger partial charge in [-0.1, -0.05) is 48.9 Å². The summed E-state index contributed by atoms with van der Waals surface area (Å²) in [4.78, 5) is 11.6. The highest BCUT2D eigenvalue weighted by Crippen LogP contribution is 2.36. The van der Waals surface area contributed by atoms with Gasteiger partial charge in [-0.25, -0.2) is 34.7 Å². The lowest BCUT2D eigenvalue weighted by Gasteiger charge is -2.23. The summed E-state index contributed by atoms with van der Waals surface area (Å²) in [5.41, 5.74) is -1.90. The summed E-state index contributed by atoms with van der Waals surface area (Å²) in [6, 6.07) is 8.98. The summed E-state index contributed by atoms with van der Waals surface area (Å²) in [6.45, 7) is 1.02. The van der Waals surface area contributed by atoms with E-state index in [4.69, 9.17) is 11.6 Å². The maximum absolute atomic E-state index is 14.6. The highest BCUT2D eigenvalue weighted by atomic mass is 35.5. The first-order chi connectivity index (χ1) is 15.5. The number of benzene rings is 3. The van der Waals surface area contributed by atoms with Crippen LogP contribution in [0.25, 0.3) is 11.1 Å². The molecular formula is C22H15ClF5NO3S. The fraction of sp³-hybridized carbons (Fsp3) is 0.136. The zero-order chi connectivity index (χ0) is 24.5. The lowest BCUT2D eigenvalue weighted by Crippen LogP contribution is -2.36. The topological polar surface area (TPSA) is 54.5 Å². The van der Waals surface area contributed by atoms with Crippen molar-refractivity contribution in [2.75, 3.05) is 0 Å². The van der Waals surface area contributed by atoms with Crippen LogP contribution in [0.5, 0.6) is 0 Å². The van der Waals surface area contributed by atoms with Crippen molar-refractivity contribution in [2.24, 2.45) is 0 Å². The van der Waals surface area contributed by atoms with Gasteiger partial charge in [0.05, 0.1) is 17.1 Å². The second-order valence-corrected chi connectivity index (χ2v) is 9.09. The summed E-state index contributed by atoms with van der Waals surface area (Å²) in [7, 11) is -4.76. The maximum Gasteiger partial charge on any atom is 0.268 e. The van der Waals surface area contributed by atoms with Crippen molar-refractivity contribution in [1.82, 2.24) is 4.31 Å². The Bertz CT molecular complexity index is 1330. The summed E-state index contributed by atoms with van der Waals surface area (Å²) < 4.78 is 97.2. The van der Waals surface area contributed by atoms with Crippen molar-refractivity contribution < 1.29 is 35.2 Å². The molecule has 3 aromatic carbocycles. The average molecular weight is 504 g/mol. The molecule has 0 aromatic heterocycles. The highest BCUT2D eigenvalue weighted by molar-refractivity contribution is 7.89. The van der Waals surface area contributed by atoms with Gasteiger partial charge >= 0.3 is 0 Å². The molecule has 0 saturated carbocycles. The van der Waals surface area contributed by atoms with Gasteiger partial charge < -0.3 is 0 Å². The maximum atomic E-state index is 14.6. The third kappa shape index (κ3) is 4.72. The summed E-state index contributed by atoms with van der Waals surface area (Å²) in [5.74, 6) is -9.86. The number of hydrogen-bond acceptors (Lipinski definition) is 3. The van der Waals surface area contributed by atoms with Crippen LogP contribution < -0.4 is 0 Å². The number of hydrogen-bond donors (Lipinski definition) is 0. The van der Waals surface area contributed by atoms with Crippen LogP contribution in [-0.2, 0) is 21.4 Å². The molecule has 174 valence electrons. The predicted octanol–water partition coefficient (Wildman–Crippen LogP) is 5.83. The zero-order valence-corrected chi connectivity index (χ0v) is 18.5. The largest absolute Gasteiger partial charge is 0.274 e. The van der Waals surface area contributed by atoms with E-state index in [0.717, 1.165) is 0 Å². The van der Waals surface area contributed by atoms with Gasteiger partial charge in [-0.2, -0.15) is 0 Å². The summed E-state index contributed by atoms with van der Waals surface area (Å²) in [5, 5.41) is -0.679. The van der Waals surface area contributed by atoms with E-state index in [1.807, 2.05) is 0 Å². The minimum absolute atomic E-state index is 0.00170. The van der Waals surface area contributed by atoms with Crippen molar-refractivity contribution in [2.45, 2.75) is 24.8 Å². The molecule has 0 radical (unpaired) electrons. The molecule has 33 heavy (non-hydrogen) atoms. The molecule has 0 heterocycles. The van der Waals surface area contributed by atoms with E-state index >= 15 is 0 Å². The van der Waals surface area contributed by atoms with Crippen molar-refractivity contribution in [3.05, 3.63) is 88.2 Å². The number of amides is 1. The first kappa shape index (κ1) is 24.7. The van der Waals surface area contributed by atoms with Crippen LogP contribution in [0.3, 0.4) is 0 Å². The minimum Gasteiger partial charge on any atom is -0.274 e. The number of halogens is 6. The Kier molecular flexibility index (Phi) is 7.08. The van der Waals surface area contributed by atoms with Crippen molar-refractivity contribution in [3.8, 4) is 11.1 Å². The summed E-state index contributed by atoms with van der Waals surface area (Å²) in [6.07, 6.45) is -0.218. The first-order valence-electron chi connectivity index (χ1n) is 9.40. The molecule has 0 saturated heterocycles. The third-order valence-electron chi connectivity index (χ3n) is 4.72. The molecule has 0 fully saturated rings. The van der Waals surface area contributed by atoms with Gasteiger partial charge in [-0.15, -0.1) is 0 Å². The molecule has 0 atom stereocenters. The Morgan fingerprint density at radius 1 is 0.909 bits per heavy atom. The van der Waals surface area contributed by atoms with E-state index in [1.54, 1.807) is 30.3 Å². The summed E-state index contributed by atoms with van der Waals surface area (Å²) >= 11 is 5.93. The average Bonchev–Trinajstić information content (AvgIpc) is 2.77. The fourth-order valence-corrected chi connectivity index (χ4v) is 5.05. The number of sulfonamides is 1. The second kappa shape index (κ2) is 9.48. The number of nitrogens with zero attached hydrogens (tertiary/aromatic N) is 1. The molecule has 0 N–H and O–H groups in total. The Hall–Kier alpha value is -2.98. The van der Waals surface area contributed by atoms with E-state index < -0.39 is 72.6 Å². The molecule has 0 unspecified atom stereocenters. The predicted molar refractivity (Wildman–Crippen MR) is 111 cm³/mol. The van der Waals surface area contributed by atoms with Gasteiger partial charge in [0.25, 0.3) is 10.0 Å². The van der Waals surface area contributed by atoms with Crippen molar-refractivity contribution in [3.63, 3.8) is 0 Å². The molecule has 4 nitrogen and oxygen atoms in total. The van der Waals surface area contributed by atoms with Crippen LogP contribution in [0.1, 0.15) is 18.9 Å². The third-order valence-corrected chi connectivity index (χ3v) is 6.95.